The van der Waals surface area contributed by atoms with Crippen LogP contribution in [0.25, 0.3) is 0 Å². The second-order valence-corrected chi connectivity index (χ2v) is 4.81. The van der Waals surface area contributed by atoms with E-state index in [1.807, 2.05) is 0 Å². The third-order valence-electron chi connectivity index (χ3n) is 3.54. The van der Waals surface area contributed by atoms with E-state index in [9.17, 15) is 0 Å². The van der Waals surface area contributed by atoms with Crippen LogP contribution in [0.3, 0.4) is 0 Å². The molecule has 18 heavy (non-hydrogen) atoms. The maximum Gasteiger partial charge on any atom is 0.127 e. The molecule has 1 N–H and O–H groups in total. The van der Waals surface area contributed by atoms with Crippen molar-refractivity contribution in [2.24, 2.45) is 0 Å². The number of hydrogen-bond donors (Lipinski definition) is 1. The number of para-hydroxylation sites is 1. The van der Waals surface area contributed by atoms with Crippen molar-refractivity contribution in [3.05, 3.63) is 29.3 Å². The molecular weight excluding hydrogens is 226 g/mol. The maximum absolute atomic E-state index is 5.79. The highest BCUT2D eigenvalue weighted by Gasteiger charge is 2.25. The van der Waals surface area contributed by atoms with Crippen molar-refractivity contribution in [1.82, 2.24) is 5.32 Å². The topological polar surface area (TPSA) is 30.5 Å². The Morgan fingerprint density at radius 1 is 1.44 bits per heavy atom. The fraction of sp³-hybridized carbons (Fsp3) is 0.600. The van der Waals surface area contributed by atoms with E-state index in [2.05, 4.69) is 37.4 Å². The van der Waals surface area contributed by atoms with Gasteiger partial charge < -0.3 is 14.8 Å². The summed E-state index contributed by atoms with van der Waals surface area (Å²) in [7, 11) is 1.76. The normalized spacial score (nSPS) is 17.1. The zero-order valence-electron chi connectivity index (χ0n) is 11.5. The summed E-state index contributed by atoms with van der Waals surface area (Å²) in [5.41, 5.74) is 2.55. The van der Waals surface area contributed by atoms with Gasteiger partial charge in [-0.15, -0.1) is 0 Å². The summed E-state index contributed by atoms with van der Waals surface area (Å²) in [6.45, 7) is 6.06. The highest BCUT2D eigenvalue weighted by atomic mass is 16.5. The third-order valence-corrected chi connectivity index (χ3v) is 3.54. The lowest BCUT2D eigenvalue weighted by molar-refractivity contribution is 0.0821. The standard InChI is InChI=1S/C15H23NO2/c1-4-9-16-14(11(2)17-3)13-7-5-6-12-8-10-18-15(12)13/h5-7,11,14,16H,4,8-10H2,1-3H3. The highest BCUT2D eigenvalue weighted by Crippen LogP contribution is 2.35. The molecule has 0 amide bonds. The number of hydrogen-bond acceptors (Lipinski definition) is 3. The summed E-state index contributed by atoms with van der Waals surface area (Å²) in [6, 6.07) is 6.61. The molecule has 2 rings (SSSR count). The van der Waals surface area contributed by atoms with E-state index < -0.39 is 0 Å². The molecule has 1 heterocycles. The van der Waals surface area contributed by atoms with Gasteiger partial charge in [0.2, 0.25) is 0 Å². The van der Waals surface area contributed by atoms with Crippen LogP contribution in [0.2, 0.25) is 0 Å². The number of methoxy groups -OCH3 is 1. The minimum Gasteiger partial charge on any atom is -0.493 e. The van der Waals surface area contributed by atoms with Gasteiger partial charge in [-0.05, 0) is 25.5 Å². The summed E-state index contributed by atoms with van der Waals surface area (Å²) in [5.74, 6) is 1.06. The fourth-order valence-corrected chi connectivity index (χ4v) is 2.45. The molecular formula is C15H23NO2. The maximum atomic E-state index is 5.79. The molecule has 0 fully saturated rings. The molecule has 0 bridgehead atoms. The number of benzene rings is 1. The van der Waals surface area contributed by atoms with E-state index in [1.165, 1.54) is 11.1 Å². The van der Waals surface area contributed by atoms with Crippen LogP contribution in [0.15, 0.2) is 18.2 Å². The number of rotatable bonds is 6. The number of nitrogens with one attached hydrogen (secondary N) is 1. The largest absolute Gasteiger partial charge is 0.493 e. The molecule has 1 aliphatic heterocycles. The van der Waals surface area contributed by atoms with Crippen LogP contribution >= 0.6 is 0 Å². The first-order valence-corrected chi connectivity index (χ1v) is 6.78. The van der Waals surface area contributed by atoms with Gasteiger partial charge in [0.05, 0.1) is 18.8 Å². The Morgan fingerprint density at radius 3 is 3.00 bits per heavy atom. The van der Waals surface area contributed by atoms with Crippen LogP contribution in [-0.4, -0.2) is 26.4 Å². The summed E-state index contributed by atoms with van der Waals surface area (Å²) >= 11 is 0. The molecule has 0 aliphatic carbocycles. The molecule has 2 unspecified atom stereocenters. The molecule has 2 atom stereocenters. The predicted octanol–water partition coefficient (Wildman–Crippen LogP) is 2.70. The molecule has 3 heteroatoms. The SMILES string of the molecule is CCCNC(c1cccc2c1OCC2)C(C)OC. The monoisotopic (exact) mass is 249 g/mol. The van der Waals surface area contributed by atoms with Crippen molar-refractivity contribution in [3.8, 4) is 5.75 Å². The third kappa shape index (κ3) is 2.68. The summed E-state index contributed by atoms with van der Waals surface area (Å²) < 4.78 is 11.3. The lowest BCUT2D eigenvalue weighted by atomic mass is 9.98. The number of ether oxygens (including phenoxy) is 2. The first kappa shape index (κ1) is 13.4. The molecule has 1 aromatic carbocycles. The fourth-order valence-electron chi connectivity index (χ4n) is 2.45. The van der Waals surface area contributed by atoms with Gasteiger partial charge in [-0.25, -0.2) is 0 Å². The smallest absolute Gasteiger partial charge is 0.127 e. The molecule has 1 aliphatic rings. The summed E-state index contributed by atoms with van der Waals surface area (Å²) in [4.78, 5) is 0. The highest BCUT2D eigenvalue weighted by molar-refractivity contribution is 5.46. The van der Waals surface area contributed by atoms with Crippen molar-refractivity contribution < 1.29 is 9.47 Å². The second-order valence-electron chi connectivity index (χ2n) is 4.81. The van der Waals surface area contributed by atoms with E-state index >= 15 is 0 Å². The molecule has 0 aromatic heterocycles. The van der Waals surface area contributed by atoms with Gasteiger partial charge >= 0.3 is 0 Å². The Balaban J connectivity index is 2.27. The Hall–Kier alpha value is -1.06. The summed E-state index contributed by atoms with van der Waals surface area (Å²) in [6.07, 6.45) is 2.26. The van der Waals surface area contributed by atoms with Crippen LogP contribution in [0, 0.1) is 0 Å². The Bertz CT molecular complexity index is 392. The molecule has 0 saturated heterocycles. The van der Waals surface area contributed by atoms with Gasteiger partial charge in [-0.2, -0.15) is 0 Å². The van der Waals surface area contributed by atoms with Crippen molar-refractivity contribution >= 4 is 0 Å². The van der Waals surface area contributed by atoms with Crippen LogP contribution in [0.4, 0.5) is 0 Å². The molecule has 0 saturated carbocycles. The lowest BCUT2D eigenvalue weighted by Gasteiger charge is -2.26. The first-order valence-electron chi connectivity index (χ1n) is 6.78. The van der Waals surface area contributed by atoms with Crippen molar-refractivity contribution in [2.45, 2.75) is 38.8 Å². The second kappa shape index (κ2) is 6.21. The lowest BCUT2D eigenvalue weighted by Crippen LogP contribution is -2.32. The van der Waals surface area contributed by atoms with Gasteiger partial charge in [-0.1, -0.05) is 25.1 Å². The van der Waals surface area contributed by atoms with E-state index in [0.29, 0.717) is 0 Å². The van der Waals surface area contributed by atoms with Crippen LogP contribution in [0.1, 0.15) is 37.4 Å². The molecule has 1 aromatic rings. The minimum absolute atomic E-state index is 0.132. The van der Waals surface area contributed by atoms with Crippen molar-refractivity contribution in [2.75, 3.05) is 20.3 Å². The first-order chi connectivity index (χ1) is 8.77. The van der Waals surface area contributed by atoms with E-state index in [1.54, 1.807) is 7.11 Å². The Kier molecular flexibility index (Phi) is 4.61. The predicted molar refractivity (Wildman–Crippen MR) is 73.1 cm³/mol. The zero-order chi connectivity index (χ0) is 13.0. The summed E-state index contributed by atoms with van der Waals surface area (Å²) in [5, 5.41) is 3.56. The van der Waals surface area contributed by atoms with Crippen molar-refractivity contribution in [3.63, 3.8) is 0 Å². The number of fused-ring (bicyclic) bond motifs is 1. The van der Waals surface area contributed by atoms with Crippen LogP contribution in [-0.2, 0) is 11.2 Å². The van der Waals surface area contributed by atoms with Gasteiger partial charge in [0, 0.05) is 19.1 Å². The Morgan fingerprint density at radius 2 is 2.28 bits per heavy atom. The minimum atomic E-state index is 0.132. The van der Waals surface area contributed by atoms with Crippen LogP contribution in [0.5, 0.6) is 5.75 Å². The van der Waals surface area contributed by atoms with Crippen molar-refractivity contribution in [1.29, 1.82) is 0 Å². The van der Waals surface area contributed by atoms with Gasteiger partial charge in [0.15, 0.2) is 0 Å². The Labute approximate surface area is 109 Å². The molecule has 100 valence electrons. The van der Waals surface area contributed by atoms with E-state index in [0.717, 1.165) is 31.7 Å². The van der Waals surface area contributed by atoms with Gasteiger partial charge in [0.25, 0.3) is 0 Å². The molecule has 3 nitrogen and oxygen atoms in total. The van der Waals surface area contributed by atoms with Gasteiger partial charge in [0.1, 0.15) is 5.75 Å². The average molecular weight is 249 g/mol. The van der Waals surface area contributed by atoms with E-state index in [4.69, 9.17) is 9.47 Å². The molecule has 0 radical (unpaired) electrons. The average Bonchev–Trinajstić information content (AvgIpc) is 2.87. The van der Waals surface area contributed by atoms with E-state index in [-0.39, 0.29) is 12.1 Å². The quantitative estimate of drug-likeness (QED) is 0.841. The van der Waals surface area contributed by atoms with Crippen LogP contribution < -0.4 is 10.1 Å². The zero-order valence-corrected chi connectivity index (χ0v) is 11.5. The molecule has 0 spiro atoms. The van der Waals surface area contributed by atoms with Gasteiger partial charge in [-0.3, -0.25) is 0 Å².